The number of sulfonamides is 1. The monoisotopic (exact) mass is 412 g/mol. The smallest absolute Gasteiger partial charge is 0.224 e. The summed E-state index contributed by atoms with van der Waals surface area (Å²) in [6, 6.07) is 1.95. The number of aromatic nitrogens is 4. The maximum atomic E-state index is 12.0. The highest BCUT2D eigenvalue weighted by atomic mass is 35.5. The molecule has 0 bridgehead atoms. The first kappa shape index (κ1) is 17.8. The van der Waals surface area contributed by atoms with Crippen LogP contribution in [-0.2, 0) is 10.0 Å². The van der Waals surface area contributed by atoms with Crippen LogP contribution in [0.3, 0.4) is 0 Å². The third kappa shape index (κ3) is 3.59. The number of hydrogen-bond acceptors (Lipinski definition) is 7. The van der Waals surface area contributed by atoms with Crippen molar-refractivity contribution in [3.05, 3.63) is 34.9 Å². The molecule has 26 heavy (non-hydrogen) atoms. The molecule has 8 nitrogen and oxygen atoms in total. The van der Waals surface area contributed by atoms with E-state index in [1.54, 1.807) is 0 Å². The van der Waals surface area contributed by atoms with Crippen LogP contribution < -0.4 is 10.0 Å². The molecular weight excluding hydrogens is 396 g/mol. The Hall–Kier alpha value is -1.62. The molecule has 4 rings (SSSR count). The summed E-state index contributed by atoms with van der Waals surface area (Å²) in [6.45, 7) is 0. The molecule has 2 aliphatic rings. The van der Waals surface area contributed by atoms with E-state index in [9.17, 15) is 8.42 Å². The molecular formula is C15H17ClN6O2S2. The molecule has 1 saturated carbocycles. The van der Waals surface area contributed by atoms with Crippen LogP contribution in [0.4, 0.5) is 11.6 Å². The molecule has 0 radical (unpaired) electrons. The van der Waals surface area contributed by atoms with E-state index in [4.69, 9.17) is 11.6 Å². The minimum Gasteiger partial charge on any atom is -0.322 e. The number of hydrogen-bond donors (Lipinski definition) is 3. The fraction of sp³-hybridized carbons (Fsp3) is 0.400. The molecule has 0 saturated heterocycles. The standard InChI is InChI=1S/C15H17ClN6O2S2/c1-17-26(23,24)13-5-4-11(25-13)15-18-7-9(16)14(20-15)19-12-6-10(21-22-12)8-2-3-8/h4,6-8,13,17H,2-3,5H2,1H3,(H2,18,19,20,21,22). The van der Waals surface area contributed by atoms with Gasteiger partial charge in [-0.2, -0.15) is 5.10 Å². The SMILES string of the molecule is CNS(=O)(=O)C1CC=C(c2ncc(Cl)c(Nc3cc(C4CC4)[nH]n3)n2)S1. The molecule has 1 unspecified atom stereocenters. The van der Waals surface area contributed by atoms with Crippen molar-refractivity contribution in [2.45, 2.75) is 29.8 Å². The Morgan fingerprint density at radius 1 is 1.38 bits per heavy atom. The van der Waals surface area contributed by atoms with E-state index in [1.165, 1.54) is 37.8 Å². The van der Waals surface area contributed by atoms with Gasteiger partial charge in [-0.05, 0) is 26.3 Å². The Morgan fingerprint density at radius 2 is 2.19 bits per heavy atom. The Balaban J connectivity index is 1.52. The summed E-state index contributed by atoms with van der Waals surface area (Å²) in [6.07, 6.45) is 6.10. The van der Waals surface area contributed by atoms with E-state index >= 15 is 0 Å². The van der Waals surface area contributed by atoms with Crippen molar-refractivity contribution in [3.8, 4) is 0 Å². The maximum absolute atomic E-state index is 12.0. The van der Waals surface area contributed by atoms with E-state index < -0.39 is 14.6 Å². The molecule has 1 aliphatic carbocycles. The lowest BCUT2D eigenvalue weighted by Crippen LogP contribution is -2.27. The van der Waals surface area contributed by atoms with E-state index in [0.717, 1.165) is 5.69 Å². The van der Waals surface area contributed by atoms with Crippen LogP contribution in [0.1, 0.15) is 36.7 Å². The Bertz CT molecular complexity index is 970. The second kappa shape index (κ2) is 6.84. The molecule has 0 amide bonds. The van der Waals surface area contributed by atoms with Gasteiger partial charge in [0.25, 0.3) is 0 Å². The minimum absolute atomic E-state index is 0.368. The van der Waals surface area contributed by atoms with E-state index in [0.29, 0.717) is 39.7 Å². The van der Waals surface area contributed by atoms with Crippen LogP contribution in [0.25, 0.3) is 4.91 Å². The molecule has 3 N–H and O–H groups in total. The van der Waals surface area contributed by atoms with Gasteiger partial charge >= 0.3 is 0 Å². The number of nitrogens with one attached hydrogen (secondary N) is 3. The van der Waals surface area contributed by atoms with Crippen LogP contribution in [0, 0.1) is 0 Å². The van der Waals surface area contributed by atoms with Crippen molar-refractivity contribution in [1.82, 2.24) is 24.9 Å². The molecule has 3 heterocycles. The van der Waals surface area contributed by atoms with Gasteiger partial charge in [-0.25, -0.2) is 23.1 Å². The van der Waals surface area contributed by atoms with Crippen LogP contribution in [-0.4, -0.2) is 40.2 Å². The quantitative estimate of drug-likeness (QED) is 0.668. The summed E-state index contributed by atoms with van der Waals surface area (Å²) in [4.78, 5) is 9.40. The largest absolute Gasteiger partial charge is 0.322 e. The van der Waals surface area contributed by atoms with Crippen LogP contribution in [0.5, 0.6) is 0 Å². The molecule has 138 valence electrons. The van der Waals surface area contributed by atoms with Gasteiger partial charge in [0.15, 0.2) is 17.5 Å². The molecule has 0 spiro atoms. The number of aromatic amines is 1. The van der Waals surface area contributed by atoms with Crippen molar-refractivity contribution in [1.29, 1.82) is 0 Å². The highest BCUT2D eigenvalue weighted by molar-refractivity contribution is 8.18. The first-order chi connectivity index (χ1) is 12.5. The van der Waals surface area contributed by atoms with E-state index in [2.05, 4.69) is 30.2 Å². The van der Waals surface area contributed by atoms with Crippen molar-refractivity contribution < 1.29 is 8.42 Å². The summed E-state index contributed by atoms with van der Waals surface area (Å²) in [5, 5.41) is 10.7. The molecule has 0 aromatic carbocycles. The van der Waals surface area contributed by atoms with Gasteiger partial charge in [0.2, 0.25) is 10.0 Å². The van der Waals surface area contributed by atoms with Crippen molar-refractivity contribution in [3.63, 3.8) is 0 Å². The van der Waals surface area contributed by atoms with Gasteiger partial charge in [0, 0.05) is 22.6 Å². The van der Waals surface area contributed by atoms with Crippen LogP contribution in [0.15, 0.2) is 18.3 Å². The Morgan fingerprint density at radius 3 is 2.92 bits per heavy atom. The van der Waals surface area contributed by atoms with Crippen LogP contribution >= 0.6 is 23.4 Å². The highest BCUT2D eigenvalue weighted by Crippen LogP contribution is 2.41. The first-order valence-corrected chi connectivity index (χ1v) is 10.9. The second-order valence-corrected chi connectivity index (χ2v) is 10.1. The number of thioether (sulfide) groups is 1. The summed E-state index contributed by atoms with van der Waals surface area (Å²) in [7, 11) is -1.94. The summed E-state index contributed by atoms with van der Waals surface area (Å²) in [5.74, 6) is 2.09. The Kier molecular flexibility index (Phi) is 4.68. The second-order valence-electron chi connectivity index (χ2n) is 6.10. The molecule has 1 atom stereocenters. The number of halogens is 1. The van der Waals surface area contributed by atoms with Crippen molar-refractivity contribution >= 4 is 49.9 Å². The van der Waals surface area contributed by atoms with E-state index in [-0.39, 0.29) is 0 Å². The van der Waals surface area contributed by atoms with Crippen molar-refractivity contribution in [2.24, 2.45) is 0 Å². The van der Waals surface area contributed by atoms with Crippen LogP contribution in [0.2, 0.25) is 5.02 Å². The molecule has 2 aromatic rings. The summed E-state index contributed by atoms with van der Waals surface area (Å²) in [5.41, 5.74) is 1.10. The highest BCUT2D eigenvalue weighted by Gasteiger charge is 2.31. The topological polar surface area (TPSA) is 113 Å². The third-order valence-electron chi connectivity index (χ3n) is 4.21. The lowest BCUT2D eigenvalue weighted by atomic mass is 10.3. The normalized spacial score (nSPS) is 20.2. The van der Waals surface area contributed by atoms with Gasteiger partial charge in [-0.1, -0.05) is 17.7 Å². The van der Waals surface area contributed by atoms with Gasteiger partial charge in [0.05, 0.1) is 6.20 Å². The van der Waals surface area contributed by atoms with Gasteiger partial charge in [-0.3, -0.25) is 5.10 Å². The summed E-state index contributed by atoms with van der Waals surface area (Å²) < 4.78 is 25.7. The molecule has 11 heteroatoms. The van der Waals surface area contributed by atoms with Gasteiger partial charge in [0.1, 0.15) is 9.60 Å². The number of nitrogens with zero attached hydrogens (tertiary/aromatic N) is 3. The zero-order valence-electron chi connectivity index (χ0n) is 13.9. The average molecular weight is 413 g/mol. The summed E-state index contributed by atoms with van der Waals surface area (Å²) >= 11 is 7.43. The predicted octanol–water partition coefficient (Wildman–Crippen LogP) is 2.83. The number of allylic oxidation sites excluding steroid dienone is 1. The van der Waals surface area contributed by atoms with Gasteiger partial charge in [-0.15, -0.1) is 11.8 Å². The predicted molar refractivity (Wildman–Crippen MR) is 103 cm³/mol. The average Bonchev–Trinajstić information content (AvgIpc) is 3.16. The molecule has 2 aromatic heterocycles. The maximum Gasteiger partial charge on any atom is 0.224 e. The van der Waals surface area contributed by atoms with Gasteiger partial charge < -0.3 is 5.32 Å². The zero-order chi connectivity index (χ0) is 18.3. The fourth-order valence-corrected chi connectivity index (χ4v) is 5.33. The molecule has 1 fully saturated rings. The number of rotatable bonds is 6. The Labute approximate surface area is 160 Å². The number of H-pyrrole nitrogens is 1. The first-order valence-electron chi connectivity index (χ1n) is 8.10. The zero-order valence-corrected chi connectivity index (χ0v) is 16.2. The lowest BCUT2D eigenvalue weighted by molar-refractivity contribution is 0.585. The minimum atomic E-state index is -3.36. The third-order valence-corrected chi connectivity index (χ3v) is 8.05. The lowest BCUT2D eigenvalue weighted by Gasteiger charge is -2.10. The number of anilines is 2. The fourth-order valence-electron chi connectivity index (χ4n) is 2.61. The van der Waals surface area contributed by atoms with E-state index in [1.807, 2.05) is 12.1 Å². The van der Waals surface area contributed by atoms with Crippen molar-refractivity contribution in [2.75, 3.05) is 12.4 Å². The molecule has 1 aliphatic heterocycles.